The first kappa shape index (κ1) is 12.9. The Bertz CT molecular complexity index is 500. The van der Waals surface area contributed by atoms with Gasteiger partial charge in [-0.1, -0.05) is 11.6 Å². The Morgan fingerprint density at radius 3 is 2.56 bits per heavy atom. The van der Waals surface area contributed by atoms with E-state index in [-0.39, 0.29) is 29.2 Å². The lowest BCUT2D eigenvalue weighted by Crippen LogP contribution is -2.47. The molecule has 1 aliphatic rings. The first-order chi connectivity index (χ1) is 8.25. The molecule has 1 fully saturated rings. The number of halogens is 4. The van der Waals surface area contributed by atoms with Crippen LogP contribution in [0.25, 0.3) is 0 Å². The number of rotatable bonds is 2. The van der Waals surface area contributed by atoms with E-state index in [1.54, 1.807) is 0 Å². The van der Waals surface area contributed by atoms with E-state index in [0.29, 0.717) is 0 Å². The molecular formula is C10H9ClF3N3O. The molecule has 0 saturated heterocycles. The van der Waals surface area contributed by atoms with Gasteiger partial charge in [0.1, 0.15) is 11.4 Å². The van der Waals surface area contributed by atoms with E-state index in [0.717, 1.165) is 6.20 Å². The van der Waals surface area contributed by atoms with Crippen molar-refractivity contribution in [3.05, 3.63) is 22.8 Å². The maximum atomic E-state index is 12.6. The Labute approximate surface area is 105 Å². The fourth-order valence-electron chi connectivity index (χ4n) is 1.47. The Morgan fingerprint density at radius 2 is 2.11 bits per heavy atom. The molecule has 98 valence electrons. The zero-order chi connectivity index (χ0) is 13.6. The lowest BCUT2D eigenvalue weighted by atomic mass is 10.2. The van der Waals surface area contributed by atoms with Crippen molar-refractivity contribution in [3.63, 3.8) is 0 Å². The minimum atomic E-state index is -4.45. The van der Waals surface area contributed by atoms with E-state index in [2.05, 4.69) is 4.98 Å². The van der Waals surface area contributed by atoms with Gasteiger partial charge >= 0.3 is 6.18 Å². The van der Waals surface area contributed by atoms with Crippen molar-refractivity contribution in [2.24, 2.45) is 0 Å². The summed E-state index contributed by atoms with van der Waals surface area (Å²) in [6.45, 7) is 0. The predicted octanol–water partition coefficient (Wildman–Crippen LogP) is 2.14. The number of carbonyl (C=O) groups is 1. The molecule has 1 aromatic rings. The molecule has 1 aromatic heterocycles. The van der Waals surface area contributed by atoms with Gasteiger partial charge in [0.2, 0.25) is 0 Å². The topological polar surface area (TPSA) is 68.0 Å². The van der Waals surface area contributed by atoms with Crippen LogP contribution in [0.5, 0.6) is 0 Å². The smallest absolute Gasteiger partial charge is 0.382 e. The first-order valence-corrected chi connectivity index (χ1v) is 5.43. The van der Waals surface area contributed by atoms with Gasteiger partial charge in [0, 0.05) is 6.20 Å². The monoisotopic (exact) mass is 279 g/mol. The lowest BCUT2D eigenvalue weighted by Gasteiger charge is -2.20. The van der Waals surface area contributed by atoms with Gasteiger partial charge in [0.25, 0.3) is 5.91 Å². The maximum Gasteiger partial charge on any atom is 0.411 e. The number of pyridine rings is 1. The summed E-state index contributed by atoms with van der Waals surface area (Å²) >= 11 is 5.64. The number of amides is 1. The molecule has 3 N–H and O–H groups in total. The summed E-state index contributed by atoms with van der Waals surface area (Å²) < 4.78 is 37.9. The molecule has 18 heavy (non-hydrogen) atoms. The Hall–Kier alpha value is -1.50. The van der Waals surface area contributed by atoms with Crippen LogP contribution in [-0.4, -0.2) is 22.6 Å². The van der Waals surface area contributed by atoms with Crippen LogP contribution in [0.1, 0.15) is 23.2 Å². The number of nitrogens with one attached hydrogen (secondary N) is 1. The molecule has 2 rings (SSSR count). The van der Waals surface area contributed by atoms with E-state index in [9.17, 15) is 18.0 Å². The van der Waals surface area contributed by atoms with Crippen molar-refractivity contribution in [2.45, 2.75) is 24.6 Å². The van der Waals surface area contributed by atoms with Crippen LogP contribution in [0, 0.1) is 0 Å². The van der Waals surface area contributed by atoms with Gasteiger partial charge in [-0.25, -0.2) is 4.98 Å². The van der Waals surface area contributed by atoms with E-state index >= 15 is 0 Å². The molecule has 0 unspecified atom stereocenters. The average Bonchev–Trinajstić information content (AvgIpc) is 3.02. The van der Waals surface area contributed by atoms with Crippen molar-refractivity contribution < 1.29 is 18.0 Å². The third-order valence-electron chi connectivity index (χ3n) is 2.78. The van der Waals surface area contributed by atoms with E-state index < -0.39 is 17.6 Å². The van der Waals surface area contributed by atoms with Crippen LogP contribution in [0.4, 0.5) is 19.0 Å². The predicted molar refractivity (Wildman–Crippen MR) is 59.1 cm³/mol. The number of nitrogens with two attached hydrogens (primary N) is 1. The van der Waals surface area contributed by atoms with Crippen molar-refractivity contribution in [1.29, 1.82) is 0 Å². The third kappa shape index (κ3) is 2.22. The minimum Gasteiger partial charge on any atom is -0.382 e. The summed E-state index contributed by atoms with van der Waals surface area (Å²) in [5, 5.41) is 1.99. The quantitative estimate of drug-likeness (QED) is 0.871. The first-order valence-electron chi connectivity index (χ1n) is 5.05. The van der Waals surface area contributed by atoms with Crippen LogP contribution in [0.3, 0.4) is 0 Å². The molecule has 4 nitrogen and oxygen atoms in total. The van der Waals surface area contributed by atoms with Gasteiger partial charge in [-0.05, 0) is 18.9 Å². The second-order valence-corrected chi connectivity index (χ2v) is 4.53. The van der Waals surface area contributed by atoms with Gasteiger partial charge in [-0.2, -0.15) is 13.2 Å². The van der Waals surface area contributed by atoms with Crippen LogP contribution in [-0.2, 0) is 0 Å². The fraction of sp³-hybridized carbons (Fsp3) is 0.400. The van der Waals surface area contributed by atoms with Crippen LogP contribution in [0.2, 0.25) is 5.02 Å². The molecule has 0 bridgehead atoms. The van der Waals surface area contributed by atoms with Gasteiger partial charge in [-0.15, -0.1) is 0 Å². The lowest BCUT2D eigenvalue weighted by molar-refractivity contribution is -0.163. The standard InChI is InChI=1S/C10H9ClF3N3O/c11-6-3-5(4-16-7(6)15)8(18)17-9(1-2-9)10(12,13)14/h3-4H,1-2H2,(H2,15,16)(H,17,18). The van der Waals surface area contributed by atoms with Crippen LogP contribution < -0.4 is 11.1 Å². The molecule has 1 heterocycles. The number of nitrogens with zero attached hydrogens (tertiary/aromatic N) is 1. The van der Waals surface area contributed by atoms with Gasteiger partial charge in [0.15, 0.2) is 0 Å². The summed E-state index contributed by atoms with van der Waals surface area (Å²) in [5.41, 5.74) is 3.19. The average molecular weight is 280 g/mol. The summed E-state index contributed by atoms with van der Waals surface area (Å²) in [7, 11) is 0. The number of anilines is 1. The van der Waals surface area contributed by atoms with Gasteiger partial charge in [-0.3, -0.25) is 4.79 Å². The number of aromatic nitrogens is 1. The highest BCUT2D eigenvalue weighted by atomic mass is 35.5. The zero-order valence-electron chi connectivity index (χ0n) is 9.01. The molecule has 0 atom stereocenters. The second-order valence-electron chi connectivity index (χ2n) is 4.13. The highest BCUT2D eigenvalue weighted by Gasteiger charge is 2.64. The highest BCUT2D eigenvalue weighted by molar-refractivity contribution is 6.33. The molecule has 0 spiro atoms. The van der Waals surface area contributed by atoms with E-state index in [4.69, 9.17) is 17.3 Å². The summed E-state index contributed by atoms with van der Waals surface area (Å²) in [4.78, 5) is 15.3. The van der Waals surface area contributed by atoms with Gasteiger partial charge in [0.05, 0.1) is 10.6 Å². The molecule has 0 aliphatic heterocycles. The van der Waals surface area contributed by atoms with Crippen molar-refractivity contribution in [3.8, 4) is 0 Å². The largest absolute Gasteiger partial charge is 0.411 e. The van der Waals surface area contributed by atoms with Crippen LogP contribution >= 0.6 is 11.6 Å². The van der Waals surface area contributed by atoms with Crippen molar-refractivity contribution in [1.82, 2.24) is 10.3 Å². The number of carbonyl (C=O) groups excluding carboxylic acids is 1. The molecular weight excluding hydrogens is 271 g/mol. The minimum absolute atomic E-state index is 0.0187. The number of nitrogen functional groups attached to an aromatic ring is 1. The number of hydrogen-bond acceptors (Lipinski definition) is 3. The molecule has 0 aromatic carbocycles. The Kier molecular flexibility index (Phi) is 2.89. The van der Waals surface area contributed by atoms with Gasteiger partial charge < -0.3 is 11.1 Å². The third-order valence-corrected chi connectivity index (χ3v) is 3.08. The highest BCUT2D eigenvalue weighted by Crippen LogP contribution is 2.49. The van der Waals surface area contributed by atoms with E-state index in [1.807, 2.05) is 5.32 Å². The normalized spacial score (nSPS) is 17.3. The molecule has 1 aliphatic carbocycles. The number of hydrogen-bond donors (Lipinski definition) is 2. The molecule has 1 saturated carbocycles. The van der Waals surface area contributed by atoms with E-state index in [1.165, 1.54) is 6.07 Å². The summed E-state index contributed by atoms with van der Waals surface area (Å²) in [6, 6.07) is 1.19. The zero-order valence-corrected chi connectivity index (χ0v) is 9.77. The SMILES string of the molecule is Nc1ncc(C(=O)NC2(C(F)(F)F)CC2)cc1Cl. The fourth-order valence-corrected chi connectivity index (χ4v) is 1.63. The summed E-state index contributed by atoms with van der Waals surface area (Å²) in [5.74, 6) is -0.843. The number of alkyl halides is 3. The van der Waals surface area contributed by atoms with Crippen molar-refractivity contribution >= 4 is 23.3 Å². The Balaban J connectivity index is 2.16. The van der Waals surface area contributed by atoms with Crippen molar-refractivity contribution in [2.75, 3.05) is 5.73 Å². The second kappa shape index (κ2) is 4.01. The summed E-state index contributed by atoms with van der Waals surface area (Å²) in [6.07, 6.45) is -3.59. The molecule has 1 amide bonds. The maximum absolute atomic E-state index is 12.6. The van der Waals surface area contributed by atoms with Crippen LogP contribution in [0.15, 0.2) is 12.3 Å². The molecule has 8 heteroatoms. The molecule has 0 radical (unpaired) electrons. The Morgan fingerprint density at radius 1 is 1.50 bits per heavy atom.